The lowest BCUT2D eigenvalue weighted by Crippen LogP contribution is -2.15. The molecule has 0 radical (unpaired) electrons. The smallest absolute Gasteiger partial charge is 0.234 e. The Kier molecular flexibility index (Phi) is 6.13. The van der Waals surface area contributed by atoms with Crippen molar-refractivity contribution >= 4 is 34.7 Å². The fraction of sp³-hybridized carbons (Fsp3) is 0.250. The zero-order valence-corrected chi connectivity index (χ0v) is 17.3. The summed E-state index contributed by atoms with van der Waals surface area (Å²) in [6.45, 7) is 10.5. The van der Waals surface area contributed by atoms with Crippen LogP contribution in [0.5, 0.6) is 0 Å². The van der Waals surface area contributed by atoms with Crippen molar-refractivity contribution in [2.75, 3.05) is 11.1 Å². The summed E-state index contributed by atoms with van der Waals surface area (Å²) in [5, 5.41) is 14.4. The minimum Gasteiger partial charge on any atom is -0.325 e. The van der Waals surface area contributed by atoms with Gasteiger partial charge in [0.2, 0.25) is 5.91 Å². The summed E-state index contributed by atoms with van der Waals surface area (Å²) in [6, 6.07) is 7.99. The monoisotopic (exact) mass is 398 g/mol. The molecule has 0 aliphatic carbocycles. The van der Waals surface area contributed by atoms with E-state index >= 15 is 0 Å². The quantitative estimate of drug-likeness (QED) is 0.457. The van der Waals surface area contributed by atoms with Gasteiger partial charge in [-0.3, -0.25) is 9.36 Å². The third kappa shape index (κ3) is 4.48. The molecule has 0 unspecified atom stereocenters. The standard InChI is InChI=1S/C20H22N4OS2/c1-5-9-24-19(16-10-14(3)26-11-16)22-23-20(24)27-12-18(25)21-17-8-6-7-13(2)15(17)4/h5-8,10-11H,1,9,12H2,2-4H3,(H,21,25). The Morgan fingerprint density at radius 3 is 2.85 bits per heavy atom. The predicted molar refractivity (Wildman–Crippen MR) is 114 cm³/mol. The predicted octanol–water partition coefficient (Wildman–Crippen LogP) is 4.85. The minimum atomic E-state index is -0.0604. The summed E-state index contributed by atoms with van der Waals surface area (Å²) >= 11 is 3.06. The van der Waals surface area contributed by atoms with Gasteiger partial charge in [0.25, 0.3) is 0 Å². The number of rotatable bonds is 7. The second-order valence-electron chi connectivity index (χ2n) is 6.24. The molecular formula is C20H22N4OS2. The van der Waals surface area contributed by atoms with Gasteiger partial charge in [0, 0.05) is 28.1 Å². The van der Waals surface area contributed by atoms with E-state index in [0.29, 0.717) is 11.7 Å². The van der Waals surface area contributed by atoms with Crippen molar-refractivity contribution in [2.45, 2.75) is 32.5 Å². The van der Waals surface area contributed by atoms with Crippen molar-refractivity contribution in [3.8, 4) is 11.4 Å². The SMILES string of the molecule is C=CCn1c(SCC(=O)Nc2cccc(C)c2C)nnc1-c1csc(C)c1. The number of aromatic nitrogens is 3. The van der Waals surface area contributed by atoms with Gasteiger partial charge < -0.3 is 5.32 Å². The van der Waals surface area contributed by atoms with Crippen LogP contribution in [-0.4, -0.2) is 26.4 Å². The number of anilines is 1. The van der Waals surface area contributed by atoms with Crippen LogP contribution in [-0.2, 0) is 11.3 Å². The fourth-order valence-electron chi connectivity index (χ4n) is 2.67. The highest BCUT2D eigenvalue weighted by atomic mass is 32.2. The average molecular weight is 399 g/mol. The van der Waals surface area contributed by atoms with Crippen LogP contribution < -0.4 is 5.32 Å². The van der Waals surface area contributed by atoms with Crippen LogP contribution in [0.25, 0.3) is 11.4 Å². The van der Waals surface area contributed by atoms with Crippen LogP contribution in [0.15, 0.2) is 47.5 Å². The second-order valence-corrected chi connectivity index (χ2v) is 8.29. The number of nitrogens with one attached hydrogen (secondary N) is 1. The molecule has 140 valence electrons. The largest absolute Gasteiger partial charge is 0.325 e. The maximum atomic E-state index is 12.4. The third-order valence-corrected chi connectivity index (χ3v) is 6.06. The number of hydrogen-bond donors (Lipinski definition) is 1. The van der Waals surface area contributed by atoms with E-state index in [2.05, 4.69) is 40.5 Å². The van der Waals surface area contributed by atoms with Gasteiger partial charge in [0.15, 0.2) is 11.0 Å². The maximum absolute atomic E-state index is 12.4. The number of amides is 1. The Balaban J connectivity index is 1.72. The first kappa shape index (κ1) is 19.4. The van der Waals surface area contributed by atoms with Gasteiger partial charge >= 0.3 is 0 Å². The molecule has 7 heteroatoms. The first-order chi connectivity index (χ1) is 13.0. The normalized spacial score (nSPS) is 10.8. The van der Waals surface area contributed by atoms with Crippen LogP contribution in [0.1, 0.15) is 16.0 Å². The molecule has 0 aliphatic heterocycles. The van der Waals surface area contributed by atoms with Crippen molar-refractivity contribution < 1.29 is 4.79 Å². The van der Waals surface area contributed by atoms with Gasteiger partial charge in [-0.15, -0.1) is 28.1 Å². The molecular weight excluding hydrogens is 376 g/mol. The number of carbonyl (C=O) groups is 1. The van der Waals surface area contributed by atoms with E-state index < -0.39 is 0 Å². The highest BCUT2D eigenvalue weighted by Gasteiger charge is 2.16. The number of carbonyl (C=O) groups excluding carboxylic acids is 1. The Morgan fingerprint density at radius 2 is 2.15 bits per heavy atom. The van der Waals surface area contributed by atoms with E-state index in [9.17, 15) is 4.79 Å². The highest BCUT2D eigenvalue weighted by molar-refractivity contribution is 7.99. The lowest BCUT2D eigenvalue weighted by atomic mass is 10.1. The van der Waals surface area contributed by atoms with Crippen LogP contribution in [0.4, 0.5) is 5.69 Å². The van der Waals surface area contributed by atoms with Crippen LogP contribution >= 0.6 is 23.1 Å². The molecule has 3 aromatic rings. The van der Waals surface area contributed by atoms with Gasteiger partial charge in [-0.05, 0) is 44.0 Å². The fourth-order valence-corrected chi connectivity index (χ4v) is 4.10. The van der Waals surface area contributed by atoms with Crippen LogP contribution in [0, 0.1) is 20.8 Å². The molecule has 0 saturated heterocycles. The summed E-state index contributed by atoms with van der Waals surface area (Å²) in [7, 11) is 0. The van der Waals surface area contributed by atoms with Gasteiger partial charge in [0.1, 0.15) is 0 Å². The summed E-state index contributed by atoms with van der Waals surface area (Å²) in [4.78, 5) is 13.6. The van der Waals surface area contributed by atoms with E-state index in [1.807, 2.05) is 42.7 Å². The molecule has 0 saturated carbocycles. The summed E-state index contributed by atoms with van der Waals surface area (Å²) in [6.07, 6.45) is 1.81. The molecule has 27 heavy (non-hydrogen) atoms. The molecule has 1 aromatic carbocycles. The van der Waals surface area contributed by atoms with Crippen molar-refractivity contribution in [1.82, 2.24) is 14.8 Å². The molecule has 1 N–H and O–H groups in total. The van der Waals surface area contributed by atoms with E-state index in [-0.39, 0.29) is 11.7 Å². The Morgan fingerprint density at radius 1 is 1.33 bits per heavy atom. The number of hydrogen-bond acceptors (Lipinski definition) is 5. The lowest BCUT2D eigenvalue weighted by Gasteiger charge is -2.10. The van der Waals surface area contributed by atoms with Crippen molar-refractivity contribution in [1.29, 1.82) is 0 Å². The summed E-state index contributed by atoms with van der Waals surface area (Å²) < 4.78 is 1.99. The molecule has 0 bridgehead atoms. The zero-order valence-electron chi connectivity index (χ0n) is 15.7. The summed E-state index contributed by atoms with van der Waals surface area (Å²) in [5.41, 5.74) is 4.13. The maximum Gasteiger partial charge on any atom is 0.234 e. The molecule has 0 spiro atoms. The van der Waals surface area contributed by atoms with E-state index in [1.165, 1.54) is 16.6 Å². The number of nitrogens with zero attached hydrogens (tertiary/aromatic N) is 3. The minimum absolute atomic E-state index is 0.0604. The second kappa shape index (κ2) is 8.54. The summed E-state index contributed by atoms with van der Waals surface area (Å²) in [5.74, 6) is 1.01. The number of allylic oxidation sites excluding steroid dienone is 1. The number of aryl methyl sites for hydroxylation is 2. The van der Waals surface area contributed by atoms with Crippen molar-refractivity contribution in [2.24, 2.45) is 0 Å². The molecule has 3 rings (SSSR count). The van der Waals surface area contributed by atoms with Gasteiger partial charge in [-0.1, -0.05) is 30.0 Å². The van der Waals surface area contributed by atoms with Gasteiger partial charge in [0.05, 0.1) is 5.75 Å². The zero-order chi connectivity index (χ0) is 19.4. The molecule has 2 aromatic heterocycles. The average Bonchev–Trinajstić information content (AvgIpc) is 3.24. The first-order valence-corrected chi connectivity index (χ1v) is 10.4. The van der Waals surface area contributed by atoms with Crippen molar-refractivity contribution in [3.63, 3.8) is 0 Å². The van der Waals surface area contributed by atoms with Crippen molar-refractivity contribution in [3.05, 3.63) is 58.3 Å². The first-order valence-electron chi connectivity index (χ1n) is 8.58. The van der Waals surface area contributed by atoms with Gasteiger partial charge in [-0.25, -0.2) is 0 Å². The molecule has 1 amide bonds. The topological polar surface area (TPSA) is 59.8 Å². The van der Waals surface area contributed by atoms with Crippen LogP contribution in [0.2, 0.25) is 0 Å². The molecule has 0 aliphatic rings. The van der Waals surface area contributed by atoms with Crippen LogP contribution in [0.3, 0.4) is 0 Å². The van der Waals surface area contributed by atoms with E-state index in [0.717, 1.165) is 28.2 Å². The van der Waals surface area contributed by atoms with E-state index in [1.54, 1.807) is 11.3 Å². The highest BCUT2D eigenvalue weighted by Crippen LogP contribution is 2.27. The number of thioether (sulfide) groups is 1. The Hall–Kier alpha value is -2.38. The third-order valence-electron chi connectivity index (χ3n) is 4.23. The van der Waals surface area contributed by atoms with Gasteiger partial charge in [-0.2, -0.15) is 0 Å². The molecule has 0 fully saturated rings. The number of benzene rings is 1. The molecule has 5 nitrogen and oxygen atoms in total. The molecule has 0 atom stereocenters. The Bertz CT molecular complexity index is 974. The lowest BCUT2D eigenvalue weighted by molar-refractivity contribution is -0.113. The number of thiophene rings is 1. The Labute approximate surface area is 167 Å². The van der Waals surface area contributed by atoms with E-state index in [4.69, 9.17) is 0 Å². The molecule has 2 heterocycles.